The minimum absolute atomic E-state index is 0.230. The van der Waals surface area contributed by atoms with Crippen molar-refractivity contribution >= 4 is 11.9 Å². The van der Waals surface area contributed by atoms with E-state index in [0.717, 1.165) is 19.3 Å². The highest BCUT2D eigenvalue weighted by Crippen LogP contribution is 2.23. The molecule has 0 spiro atoms. The minimum Gasteiger partial charge on any atom is -0.466 e. The number of hydrogen-bond donors (Lipinski definition) is 0. The standard InChI is InChI=1S/C21H27F5O4/c1-2-3-4-5-6-7-8-9-12-29-15(27)10-11-16(28)30-13-14-17(22)19(24)21(26)20(25)18(14)23/h2-13H2,1H3. The molecule has 30 heavy (non-hydrogen) atoms. The average molecular weight is 438 g/mol. The predicted octanol–water partition coefficient (Wildman–Crippen LogP) is 5.89. The van der Waals surface area contributed by atoms with Crippen LogP contribution in [0.4, 0.5) is 22.0 Å². The molecule has 0 saturated heterocycles. The van der Waals surface area contributed by atoms with E-state index in [9.17, 15) is 31.5 Å². The van der Waals surface area contributed by atoms with Crippen LogP contribution in [0.1, 0.15) is 76.7 Å². The third kappa shape index (κ3) is 8.67. The fourth-order valence-corrected chi connectivity index (χ4v) is 2.70. The van der Waals surface area contributed by atoms with Crippen molar-refractivity contribution in [2.24, 2.45) is 0 Å². The van der Waals surface area contributed by atoms with Crippen LogP contribution >= 0.6 is 0 Å². The maximum atomic E-state index is 13.5. The molecular formula is C21H27F5O4. The molecule has 0 unspecified atom stereocenters. The predicted molar refractivity (Wildman–Crippen MR) is 98.8 cm³/mol. The van der Waals surface area contributed by atoms with Crippen molar-refractivity contribution in [3.63, 3.8) is 0 Å². The number of carbonyl (C=O) groups is 2. The molecule has 170 valence electrons. The Hall–Kier alpha value is -2.19. The molecule has 0 N–H and O–H groups in total. The van der Waals surface area contributed by atoms with Crippen molar-refractivity contribution < 1.29 is 41.0 Å². The summed E-state index contributed by atoms with van der Waals surface area (Å²) in [6.07, 6.45) is 7.95. The fourth-order valence-electron chi connectivity index (χ4n) is 2.70. The number of ether oxygens (including phenoxy) is 2. The average Bonchev–Trinajstić information content (AvgIpc) is 2.73. The van der Waals surface area contributed by atoms with Crippen LogP contribution < -0.4 is 0 Å². The Bertz CT molecular complexity index is 680. The van der Waals surface area contributed by atoms with E-state index in [1.54, 1.807) is 0 Å². The van der Waals surface area contributed by atoms with Gasteiger partial charge in [0.15, 0.2) is 23.3 Å². The fraction of sp³-hybridized carbons (Fsp3) is 0.619. The van der Waals surface area contributed by atoms with Crippen molar-refractivity contribution in [3.05, 3.63) is 34.6 Å². The van der Waals surface area contributed by atoms with Gasteiger partial charge in [-0.1, -0.05) is 51.9 Å². The van der Waals surface area contributed by atoms with E-state index >= 15 is 0 Å². The highest BCUT2D eigenvalue weighted by atomic mass is 19.2. The Morgan fingerprint density at radius 3 is 1.60 bits per heavy atom. The van der Waals surface area contributed by atoms with E-state index in [-0.39, 0.29) is 13.0 Å². The molecule has 0 aliphatic carbocycles. The summed E-state index contributed by atoms with van der Waals surface area (Å²) < 4.78 is 75.6. The Labute approximate surface area is 172 Å². The number of hydrogen-bond acceptors (Lipinski definition) is 4. The Kier molecular flexibility index (Phi) is 12.0. The molecule has 0 atom stereocenters. The smallest absolute Gasteiger partial charge is 0.306 e. The summed E-state index contributed by atoms with van der Waals surface area (Å²) in [5.41, 5.74) is -1.25. The van der Waals surface area contributed by atoms with E-state index in [0.29, 0.717) is 6.42 Å². The highest BCUT2D eigenvalue weighted by molar-refractivity contribution is 5.77. The molecule has 0 aliphatic heterocycles. The second kappa shape index (κ2) is 13.9. The first-order valence-corrected chi connectivity index (χ1v) is 10.1. The van der Waals surface area contributed by atoms with Crippen LogP contribution in [-0.2, 0) is 25.7 Å². The summed E-state index contributed by atoms with van der Waals surface area (Å²) in [5, 5.41) is 0. The lowest BCUT2D eigenvalue weighted by molar-refractivity contribution is -0.151. The maximum Gasteiger partial charge on any atom is 0.306 e. The van der Waals surface area contributed by atoms with Gasteiger partial charge in [0.05, 0.1) is 25.0 Å². The molecule has 1 rings (SSSR count). The molecule has 0 bridgehead atoms. The lowest BCUT2D eigenvalue weighted by atomic mass is 10.1. The largest absolute Gasteiger partial charge is 0.466 e. The molecule has 0 aromatic heterocycles. The molecule has 1 aromatic rings. The Morgan fingerprint density at radius 1 is 0.633 bits per heavy atom. The number of benzene rings is 1. The number of carbonyl (C=O) groups excluding carboxylic acids is 2. The first kappa shape index (κ1) is 25.8. The maximum absolute atomic E-state index is 13.5. The van der Waals surface area contributed by atoms with Gasteiger partial charge in [-0.25, -0.2) is 22.0 Å². The van der Waals surface area contributed by atoms with Gasteiger partial charge in [-0.3, -0.25) is 9.59 Å². The van der Waals surface area contributed by atoms with Crippen LogP contribution in [-0.4, -0.2) is 18.5 Å². The molecule has 0 aliphatic rings. The number of halogens is 5. The van der Waals surface area contributed by atoms with Crippen molar-refractivity contribution in [1.29, 1.82) is 0 Å². The zero-order chi connectivity index (χ0) is 22.5. The lowest BCUT2D eigenvalue weighted by Crippen LogP contribution is -2.13. The van der Waals surface area contributed by atoms with Gasteiger partial charge in [-0.2, -0.15) is 0 Å². The minimum atomic E-state index is -2.29. The zero-order valence-electron chi connectivity index (χ0n) is 17.0. The molecule has 1 aromatic carbocycles. The van der Waals surface area contributed by atoms with Gasteiger partial charge < -0.3 is 9.47 Å². The second-order valence-corrected chi connectivity index (χ2v) is 6.90. The molecule has 0 fully saturated rings. The second-order valence-electron chi connectivity index (χ2n) is 6.90. The number of rotatable bonds is 14. The molecule has 0 amide bonds. The van der Waals surface area contributed by atoms with Crippen LogP contribution in [0, 0.1) is 29.1 Å². The monoisotopic (exact) mass is 438 g/mol. The molecular weight excluding hydrogens is 411 g/mol. The lowest BCUT2D eigenvalue weighted by Gasteiger charge is -2.09. The number of unbranched alkanes of at least 4 members (excludes halogenated alkanes) is 7. The molecule has 0 heterocycles. The number of esters is 2. The zero-order valence-corrected chi connectivity index (χ0v) is 17.0. The van der Waals surface area contributed by atoms with Crippen molar-refractivity contribution in [2.45, 2.75) is 77.7 Å². The van der Waals surface area contributed by atoms with E-state index in [2.05, 4.69) is 11.7 Å². The summed E-state index contributed by atoms with van der Waals surface area (Å²) in [4.78, 5) is 23.1. The molecule has 9 heteroatoms. The van der Waals surface area contributed by atoms with E-state index in [1.807, 2.05) is 0 Å². The van der Waals surface area contributed by atoms with Gasteiger partial charge in [-0.05, 0) is 6.42 Å². The van der Waals surface area contributed by atoms with E-state index in [1.165, 1.54) is 25.7 Å². The van der Waals surface area contributed by atoms with Crippen molar-refractivity contribution in [1.82, 2.24) is 0 Å². The van der Waals surface area contributed by atoms with Gasteiger partial charge in [0.2, 0.25) is 5.82 Å². The third-order valence-corrected chi connectivity index (χ3v) is 4.47. The Balaban J connectivity index is 2.22. The van der Waals surface area contributed by atoms with Gasteiger partial charge in [-0.15, -0.1) is 0 Å². The van der Waals surface area contributed by atoms with Crippen LogP contribution in [0.25, 0.3) is 0 Å². The van der Waals surface area contributed by atoms with E-state index < -0.39 is 59.6 Å². The van der Waals surface area contributed by atoms with Crippen molar-refractivity contribution in [3.8, 4) is 0 Å². The summed E-state index contributed by atoms with van der Waals surface area (Å²) in [6, 6.07) is 0. The van der Waals surface area contributed by atoms with Gasteiger partial charge >= 0.3 is 11.9 Å². The molecule has 0 saturated carbocycles. The molecule has 4 nitrogen and oxygen atoms in total. The topological polar surface area (TPSA) is 52.6 Å². The van der Waals surface area contributed by atoms with Crippen LogP contribution in [0.15, 0.2) is 0 Å². The normalized spacial score (nSPS) is 10.9. The van der Waals surface area contributed by atoms with Crippen molar-refractivity contribution in [2.75, 3.05) is 6.61 Å². The van der Waals surface area contributed by atoms with Gasteiger partial charge in [0, 0.05) is 0 Å². The third-order valence-electron chi connectivity index (χ3n) is 4.47. The summed E-state index contributed by atoms with van der Waals surface area (Å²) >= 11 is 0. The SMILES string of the molecule is CCCCCCCCCCOC(=O)CCC(=O)OCc1c(F)c(F)c(F)c(F)c1F. The quantitative estimate of drug-likeness (QED) is 0.120. The van der Waals surface area contributed by atoms with Crippen LogP contribution in [0.5, 0.6) is 0 Å². The van der Waals surface area contributed by atoms with Gasteiger partial charge in [0.1, 0.15) is 6.61 Å². The Morgan fingerprint density at radius 2 is 1.07 bits per heavy atom. The summed E-state index contributed by atoms with van der Waals surface area (Å²) in [6.45, 7) is 1.24. The van der Waals surface area contributed by atoms with Gasteiger partial charge in [0.25, 0.3) is 0 Å². The van der Waals surface area contributed by atoms with Crippen LogP contribution in [0.3, 0.4) is 0 Å². The van der Waals surface area contributed by atoms with Crippen LogP contribution in [0.2, 0.25) is 0 Å². The summed E-state index contributed by atoms with van der Waals surface area (Å²) in [5.74, 6) is -12.3. The van der Waals surface area contributed by atoms with E-state index in [4.69, 9.17) is 4.74 Å². The first-order chi connectivity index (χ1) is 14.3. The summed E-state index contributed by atoms with van der Waals surface area (Å²) in [7, 11) is 0. The first-order valence-electron chi connectivity index (χ1n) is 10.1. The highest BCUT2D eigenvalue weighted by Gasteiger charge is 2.26. The molecule has 0 radical (unpaired) electrons.